The lowest BCUT2D eigenvalue weighted by molar-refractivity contribution is -0.150. The summed E-state index contributed by atoms with van der Waals surface area (Å²) >= 11 is 0. The van der Waals surface area contributed by atoms with Gasteiger partial charge in [0.1, 0.15) is 0 Å². The topological polar surface area (TPSA) is 52.6 Å². The van der Waals surface area contributed by atoms with E-state index < -0.39 is 12.1 Å². The van der Waals surface area contributed by atoms with Crippen LogP contribution in [0.4, 0.5) is 0 Å². The molecular weight excluding hydrogens is 208 g/mol. The maximum absolute atomic E-state index is 11.9. The van der Waals surface area contributed by atoms with E-state index in [0.29, 0.717) is 5.56 Å². The molecule has 16 heavy (non-hydrogen) atoms. The van der Waals surface area contributed by atoms with E-state index in [4.69, 9.17) is 4.74 Å². The molecule has 86 valence electrons. The Labute approximate surface area is 94.2 Å². The highest BCUT2D eigenvalue weighted by Crippen LogP contribution is 2.07. The van der Waals surface area contributed by atoms with Crippen molar-refractivity contribution in [2.45, 2.75) is 13.0 Å². The molecule has 0 saturated carbocycles. The summed E-state index contributed by atoms with van der Waals surface area (Å²) in [6.45, 7) is 1.99. The quantitative estimate of drug-likeness (QED) is 0.430. The number of hydrogen-bond donors (Lipinski definition) is 0. The molecule has 0 radical (unpaired) electrons. The average Bonchev–Trinajstić information content (AvgIpc) is 2.35. The van der Waals surface area contributed by atoms with Gasteiger partial charge in [-0.3, -0.25) is 4.79 Å². The Balaban J connectivity index is 2.87. The van der Waals surface area contributed by atoms with Crippen molar-refractivity contribution in [1.29, 1.82) is 0 Å². The lowest BCUT2D eigenvalue weighted by Gasteiger charge is -2.13. The van der Waals surface area contributed by atoms with Gasteiger partial charge in [0.25, 0.3) is 0 Å². The molecule has 1 aromatic carbocycles. The number of ether oxygens (including phenoxy) is 2. The van der Waals surface area contributed by atoms with Crippen LogP contribution in [-0.4, -0.2) is 31.6 Å². The molecule has 0 amide bonds. The number of ketones is 1. The highest BCUT2D eigenvalue weighted by atomic mass is 16.6. The van der Waals surface area contributed by atoms with Gasteiger partial charge in [-0.25, -0.2) is 4.79 Å². The molecule has 0 spiro atoms. The molecule has 0 saturated heterocycles. The van der Waals surface area contributed by atoms with Crippen molar-refractivity contribution in [2.24, 2.45) is 0 Å². The van der Waals surface area contributed by atoms with E-state index in [1.54, 1.807) is 37.3 Å². The summed E-state index contributed by atoms with van der Waals surface area (Å²) in [6.07, 6.45) is -1.17. The van der Waals surface area contributed by atoms with Crippen LogP contribution < -0.4 is 0 Å². The smallest absolute Gasteiger partial charge is 0.343 e. The number of benzene rings is 1. The van der Waals surface area contributed by atoms with Crippen LogP contribution in [0.2, 0.25) is 0 Å². The molecule has 4 nitrogen and oxygen atoms in total. The van der Waals surface area contributed by atoms with E-state index in [0.717, 1.165) is 0 Å². The predicted octanol–water partition coefficient (Wildman–Crippen LogP) is 1.45. The van der Waals surface area contributed by atoms with Crippen molar-refractivity contribution < 1.29 is 19.1 Å². The molecule has 1 atom stereocenters. The standard InChI is InChI=1S/C12H14O4/c1-3-16-11(12(14)15-2)10(13)9-7-5-4-6-8-9/h4-8,11H,3H2,1-2H3. The monoisotopic (exact) mass is 222 g/mol. The van der Waals surface area contributed by atoms with E-state index in [1.165, 1.54) is 7.11 Å². The first-order valence-corrected chi connectivity index (χ1v) is 4.99. The van der Waals surface area contributed by atoms with Gasteiger partial charge in [-0.05, 0) is 6.92 Å². The molecule has 0 heterocycles. The number of carbonyl (C=O) groups is 2. The molecule has 4 heteroatoms. The summed E-state index contributed by atoms with van der Waals surface area (Å²) in [4.78, 5) is 23.3. The van der Waals surface area contributed by atoms with Crippen LogP contribution in [0.15, 0.2) is 30.3 Å². The molecule has 0 aliphatic heterocycles. The molecular formula is C12H14O4. The number of Topliss-reactive ketones (excluding diaryl/α,β-unsaturated/α-hetero) is 1. The molecule has 1 aromatic rings. The molecule has 0 N–H and O–H groups in total. The molecule has 0 bridgehead atoms. The van der Waals surface area contributed by atoms with Gasteiger partial charge in [0.15, 0.2) is 0 Å². The molecule has 0 aliphatic carbocycles. The van der Waals surface area contributed by atoms with Crippen molar-refractivity contribution in [3.63, 3.8) is 0 Å². The number of esters is 1. The maximum Gasteiger partial charge on any atom is 0.343 e. The summed E-state index contributed by atoms with van der Waals surface area (Å²) in [5, 5.41) is 0. The second-order valence-electron chi connectivity index (χ2n) is 3.09. The van der Waals surface area contributed by atoms with Crippen LogP contribution in [0, 0.1) is 0 Å². The lowest BCUT2D eigenvalue weighted by Crippen LogP contribution is -2.34. The van der Waals surface area contributed by atoms with Gasteiger partial charge in [-0.2, -0.15) is 0 Å². The van der Waals surface area contributed by atoms with Gasteiger partial charge >= 0.3 is 5.97 Å². The Morgan fingerprint density at radius 3 is 2.38 bits per heavy atom. The molecule has 0 aromatic heterocycles. The Hall–Kier alpha value is -1.68. The summed E-state index contributed by atoms with van der Waals surface area (Å²) in [7, 11) is 1.23. The van der Waals surface area contributed by atoms with Gasteiger partial charge in [-0.1, -0.05) is 30.3 Å². The minimum absolute atomic E-state index is 0.276. The zero-order valence-corrected chi connectivity index (χ0v) is 9.30. The lowest BCUT2D eigenvalue weighted by atomic mass is 10.1. The van der Waals surface area contributed by atoms with E-state index in [9.17, 15) is 9.59 Å². The van der Waals surface area contributed by atoms with Gasteiger partial charge < -0.3 is 9.47 Å². The minimum atomic E-state index is -1.17. The molecule has 1 rings (SSSR count). The minimum Gasteiger partial charge on any atom is -0.467 e. The van der Waals surface area contributed by atoms with Crippen LogP contribution >= 0.6 is 0 Å². The molecule has 0 fully saturated rings. The second-order valence-corrected chi connectivity index (χ2v) is 3.09. The van der Waals surface area contributed by atoms with E-state index in [1.807, 2.05) is 0 Å². The second kappa shape index (κ2) is 6.02. The van der Waals surface area contributed by atoms with Crippen LogP contribution in [-0.2, 0) is 14.3 Å². The largest absolute Gasteiger partial charge is 0.467 e. The summed E-state index contributed by atoms with van der Waals surface area (Å²) in [6, 6.07) is 8.53. The molecule has 1 unspecified atom stereocenters. The highest BCUT2D eigenvalue weighted by Gasteiger charge is 2.28. The summed E-state index contributed by atoms with van der Waals surface area (Å²) in [5.74, 6) is -1.05. The first kappa shape index (κ1) is 12.4. The van der Waals surface area contributed by atoms with Crippen molar-refractivity contribution in [2.75, 3.05) is 13.7 Å². The fourth-order valence-corrected chi connectivity index (χ4v) is 1.28. The Morgan fingerprint density at radius 1 is 1.25 bits per heavy atom. The van der Waals surface area contributed by atoms with Crippen molar-refractivity contribution in [3.8, 4) is 0 Å². The van der Waals surface area contributed by atoms with Crippen LogP contribution in [0.25, 0.3) is 0 Å². The third-order valence-electron chi connectivity index (χ3n) is 2.05. The van der Waals surface area contributed by atoms with Gasteiger partial charge in [0, 0.05) is 12.2 Å². The Kier molecular flexibility index (Phi) is 4.66. The fourth-order valence-electron chi connectivity index (χ4n) is 1.28. The third kappa shape index (κ3) is 2.90. The Bertz CT molecular complexity index is 359. The van der Waals surface area contributed by atoms with Crippen molar-refractivity contribution in [3.05, 3.63) is 35.9 Å². The predicted molar refractivity (Wildman–Crippen MR) is 58.2 cm³/mol. The van der Waals surface area contributed by atoms with E-state index >= 15 is 0 Å². The average molecular weight is 222 g/mol. The first-order valence-electron chi connectivity index (χ1n) is 4.99. The van der Waals surface area contributed by atoms with Crippen molar-refractivity contribution >= 4 is 11.8 Å². The SMILES string of the molecule is CCOC(C(=O)OC)C(=O)c1ccccc1. The maximum atomic E-state index is 11.9. The van der Waals surface area contributed by atoms with Gasteiger partial charge in [-0.15, -0.1) is 0 Å². The number of hydrogen-bond acceptors (Lipinski definition) is 4. The zero-order chi connectivity index (χ0) is 12.0. The normalized spacial score (nSPS) is 11.9. The summed E-state index contributed by atoms with van der Waals surface area (Å²) < 4.78 is 9.61. The third-order valence-corrected chi connectivity index (χ3v) is 2.05. The number of carbonyl (C=O) groups excluding carboxylic acids is 2. The highest BCUT2D eigenvalue weighted by molar-refractivity contribution is 6.11. The van der Waals surface area contributed by atoms with E-state index in [-0.39, 0.29) is 12.4 Å². The number of methoxy groups -OCH3 is 1. The summed E-state index contributed by atoms with van der Waals surface area (Å²) in [5.41, 5.74) is 0.436. The van der Waals surface area contributed by atoms with Crippen molar-refractivity contribution in [1.82, 2.24) is 0 Å². The Morgan fingerprint density at radius 2 is 1.88 bits per heavy atom. The first-order chi connectivity index (χ1) is 7.70. The van der Waals surface area contributed by atoms with E-state index in [2.05, 4.69) is 4.74 Å². The van der Waals surface area contributed by atoms with Gasteiger partial charge in [0.2, 0.25) is 11.9 Å². The van der Waals surface area contributed by atoms with Crippen LogP contribution in [0.3, 0.4) is 0 Å². The van der Waals surface area contributed by atoms with Crippen LogP contribution in [0.1, 0.15) is 17.3 Å². The van der Waals surface area contributed by atoms with Crippen LogP contribution in [0.5, 0.6) is 0 Å². The zero-order valence-electron chi connectivity index (χ0n) is 9.30. The number of rotatable bonds is 5. The fraction of sp³-hybridized carbons (Fsp3) is 0.333. The van der Waals surface area contributed by atoms with Gasteiger partial charge in [0.05, 0.1) is 7.11 Å². The molecule has 0 aliphatic rings.